The second-order valence-electron chi connectivity index (χ2n) is 5.53. The van der Waals surface area contributed by atoms with Crippen LogP contribution >= 0.6 is 0 Å². The van der Waals surface area contributed by atoms with Crippen molar-refractivity contribution in [1.29, 1.82) is 0 Å². The highest BCUT2D eigenvalue weighted by Crippen LogP contribution is 2.40. The van der Waals surface area contributed by atoms with Crippen LogP contribution in [0.15, 0.2) is 18.5 Å². The summed E-state index contributed by atoms with van der Waals surface area (Å²) in [7, 11) is 0. The van der Waals surface area contributed by atoms with Crippen LogP contribution in [-0.2, 0) is 0 Å². The van der Waals surface area contributed by atoms with Crippen molar-refractivity contribution in [2.75, 3.05) is 0 Å². The van der Waals surface area contributed by atoms with Gasteiger partial charge in [-0.25, -0.2) is 18.4 Å². The number of hydrogen-bond donors (Lipinski definition) is 0. The van der Waals surface area contributed by atoms with Crippen molar-refractivity contribution >= 4 is 5.78 Å². The topological polar surface area (TPSA) is 60.7 Å². The Morgan fingerprint density at radius 3 is 2.86 bits per heavy atom. The molecule has 1 saturated carbocycles. The van der Waals surface area contributed by atoms with Gasteiger partial charge < -0.3 is 0 Å². The first kappa shape index (κ1) is 12.6. The fourth-order valence-corrected chi connectivity index (χ4v) is 2.70. The van der Waals surface area contributed by atoms with E-state index in [0.717, 1.165) is 19.0 Å². The quantitative estimate of drug-likeness (QED) is 0.814. The average molecular weight is 290 g/mol. The number of fused-ring (bicyclic) bond motifs is 1. The predicted octanol–water partition coefficient (Wildman–Crippen LogP) is 2.41. The highest BCUT2D eigenvalue weighted by Gasteiger charge is 2.39. The maximum Gasteiger partial charge on any atom is 0.217 e. The van der Waals surface area contributed by atoms with Gasteiger partial charge in [-0.05, 0) is 24.5 Å². The van der Waals surface area contributed by atoms with Crippen LogP contribution < -0.4 is 0 Å². The van der Waals surface area contributed by atoms with E-state index in [2.05, 4.69) is 15.1 Å². The molecule has 7 heteroatoms. The first-order valence-corrected chi connectivity index (χ1v) is 6.88. The molecule has 3 heterocycles. The van der Waals surface area contributed by atoms with E-state index in [4.69, 9.17) is 0 Å². The number of nitrogens with zero attached hydrogens (tertiary/aromatic N) is 4. The van der Waals surface area contributed by atoms with Crippen LogP contribution in [0.4, 0.5) is 8.78 Å². The molecule has 0 spiro atoms. The smallest absolute Gasteiger partial charge is 0.217 e. The van der Waals surface area contributed by atoms with Crippen molar-refractivity contribution in [2.45, 2.75) is 31.5 Å². The summed E-state index contributed by atoms with van der Waals surface area (Å²) in [5, 5.41) is 4.16. The number of alkyl halides is 1. The minimum absolute atomic E-state index is 0.0134. The van der Waals surface area contributed by atoms with Crippen LogP contribution in [0.5, 0.6) is 0 Å². The molecule has 1 fully saturated rings. The van der Waals surface area contributed by atoms with Gasteiger partial charge in [-0.15, -0.1) is 5.10 Å². The molecule has 5 nitrogen and oxygen atoms in total. The van der Waals surface area contributed by atoms with Gasteiger partial charge in [0.2, 0.25) is 11.6 Å². The molecule has 0 aromatic carbocycles. The molecular weight excluding hydrogens is 278 g/mol. The molecule has 0 saturated heterocycles. The molecule has 0 amide bonds. The third-order valence-electron chi connectivity index (χ3n) is 3.94. The highest BCUT2D eigenvalue weighted by atomic mass is 19.1. The summed E-state index contributed by atoms with van der Waals surface area (Å²) in [6, 6.07) is 0.843. The third-order valence-corrected chi connectivity index (χ3v) is 3.94. The minimum Gasteiger partial charge on any atom is -0.290 e. The zero-order chi connectivity index (χ0) is 14.6. The number of aromatic nitrogens is 4. The van der Waals surface area contributed by atoms with E-state index < -0.39 is 18.0 Å². The summed E-state index contributed by atoms with van der Waals surface area (Å²) in [5.41, 5.74) is 0.534. The minimum atomic E-state index is -1.30. The summed E-state index contributed by atoms with van der Waals surface area (Å²) in [4.78, 5) is 19.8. The van der Waals surface area contributed by atoms with Gasteiger partial charge in [0.1, 0.15) is 5.82 Å². The summed E-state index contributed by atoms with van der Waals surface area (Å²) in [5.74, 6) is -0.399. The van der Waals surface area contributed by atoms with E-state index in [9.17, 15) is 13.6 Å². The monoisotopic (exact) mass is 290 g/mol. The van der Waals surface area contributed by atoms with E-state index >= 15 is 0 Å². The zero-order valence-electron chi connectivity index (χ0n) is 11.0. The van der Waals surface area contributed by atoms with Crippen LogP contribution in [-0.4, -0.2) is 25.5 Å². The average Bonchev–Trinajstić information content (AvgIpc) is 3.14. The van der Waals surface area contributed by atoms with Crippen molar-refractivity contribution in [1.82, 2.24) is 19.7 Å². The van der Waals surface area contributed by atoms with Crippen LogP contribution in [0.2, 0.25) is 0 Å². The summed E-state index contributed by atoms with van der Waals surface area (Å²) >= 11 is 0. The Bertz CT molecular complexity index is 726. The van der Waals surface area contributed by atoms with Gasteiger partial charge in [-0.1, -0.05) is 0 Å². The molecule has 2 aliphatic rings. The molecule has 0 radical (unpaired) electrons. The lowest BCUT2D eigenvalue weighted by Crippen LogP contribution is -2.11. The fraction of sp³-hybridized carbons (Fsp3) is 0.429. The largest absolute Gasteiger partial charge is 0.290 e. The molecule has 2 atom stereocenters. The van der Waals surface area contributed by atoms with E-state index in [0.29, 0.717) is 5.56 Å². The Morgan fingerprint density at radius 1 is 1.33 bits per heavy atom. The van der Waals surface area contributed by atoms with Crippen molar-refractivity contribution in [3.05, 3.63) is 41.5 Å². The number of carbonyl (C=O) groups excluding carboxylic acids is 1. The summed E-state index contributed by atoms with van der Waals surface area (Å²) < 4.78 is 28.8. The molecule has 2 aromatic heterocycles. The molecule has 2 aromatic rings. The van der Waals surface area contributed by atoms with Gasteiger partial charge in [0.15, 0.2) is 12.0 Å². The molecule has 108 valence electrons. The Labute approximate surface area is 119 Å². The van der Waals surface area contributed by atoms with Crippen molar-refractivity contribution in [3.8, 4) is 0 Å². The molecule has 1 aliphatic heterocycles. The van der Waals surface area contributed by atoms with Crippen LogP contribution in [0.1, 0.15) is 53.5 Å². The van der Waals surface area contributed by atoms with Gasteiger partial charge in [0, 0.05) is 18.5 Å². The fourth-order valence-electron chi connectivity index (χ4n) is 2.70. The third kappa shape index (κ3) is 2.03. The van der Waals surface area contributed by atoms with Gasteiger partial charge >= 0.3 is 0 Å². The molecular formula is C14H12F2N4O. The Kier molecular flexibility index (Phi) is 2.63. The van der Waals surface area contributed by atoms with E-state index in [1.807, 2.05) is 0 Å². The lowest BCUT2D eigenvalue weighted by atomic mass is 10.1. The lowest BCUT2D eigenvalue weighted by molar-refractivity contribution is 0.0956. The van der Waals surface area contributed by atoms with Gasteiger partial charge in [-0.2, -0.15) is 0 Å². The van der Waals surface area contributed by atoms with E-state index in [-0.39, 0.29) is 29.8 Å². The number of rotatable bonds is 3. The lowest BCUT2D eigenvalue weighted by Gasteiger charge is -2.11. The maximum atomic E-state index is 14.1. The standard InChI is InChI=1S/C14H12F2N4O/c15-9-3-8(5-17-6-9)11-4-10(16)14-18-13(19-20(11)14)12(21)7-1-2-7/h3,5-7,10-11H,1-2,4H2. The van der Waals surface area contributed by atoms with Crippen molar-refractivity contribution in [2.24, 2.45) is 5.92 Å². The second kappa shape index (κ2) is 4.41. The summed E-state index contributed by atoms with van der Waals surface area (Å²) in [6.45, 7) is 0. The normalized spacial score (nSPS) is 24.1. The number of hydrogen-bond acceptors (Lipinski definition) is 4. The van der Waals surface area contributed by atoms with Crippen LogP contribution in [0, 0.1) is 11.7 Å². The second-order valence-corrected chi connectivity index (χ2v) is 5.53. The predicted molar refractivity (Wildman–Crippen MR) is 67.9 cm³/mol. The van der Waals surface area contributed by atoms with Crippen LogP contribution in [0.3, 0.4) is 0 Å². The van der Waals surface area contributed by atoms with Gasteiger partial charge in [0.25, 0.3) is 0 Å². The maximum absolute atomic E-state index is 14.1. The van der Waals surface area contributed by atoms with Crippen molar-refractivity contribution in [3.63, 3.8) is 0 Å². The van der Waals surface area contributed by atoms with E-state index in [1.165, 1.54) is 16.9 Å². The number of Topliss-reactive ketones (excluding diaryl/α,β-unsaturated/α-hetero) is 1. The summed E-state index contributed by atoms with van der Waals surface area (Å²) in [6.07, 6.45) is 3.11. The van der Waals surface area contributed by atoms with Crippen LogP contribution in [0.25, 0.3) is 0 Å². The molecule has 2 unspecified atom stereocenters. The Morgan fingerprint density at radius 2 is 2.14 bits per heavy atom. The number of pyridine rings is 1. The molecule has 0 bridgehead atoms. The number of ketones is 1. The van der Waals surface area contributed by atoms with Crippen molar-refractivity contribution < 1.29 is 13.6 Å². The highest BCUT2D eigenvalue weighted by molar-refractivity contribution is 5.95. The molecule has 0 N–H and O–H groups in total. The Hall–Kier alpha value is -2.18. The first-order chi connectivity index (χ1) is 10.1. The number of halogens is 2. The number of carbonyl (C=O) groups is 1. The SMILES string of the molecule is O=C(c1nc2n(n1)C(c1cncc(F)c1)CC2F)C1CC1. The van der Waals surface area contributed by atoms with E-state index in [1.54, 1.807) is 0 Å². The molecule has 1 aliphatic carbocycles. The molecule has 4 rings (SSSR count). The zero-order valence-corrected chi connectivity index (χ0v) is 11.0. The molecule has 21 heavy (non-hydrogen) atoms. The van der Waals surface area contributed by atoms with Gasteiger partial charge in [-0.3, -0.25) is 9.78 Å². The first-order valence-electron chi connectivity index (χ1n) is 6.88. The Balaban J connectivity index is 1.73. The van der Waals surface area contributed by atoms with Gasteiger partial charge in [0.05, 0.1) is 12.2 Å².